The summed E-state index contributed by atoms with van der Waals surface area (Å²) in [4.78, 5) is 0. The Hall–Kier alpha value is -0.820. The topological polar surface area (TPSA) is 11.3 Å². The van der Waals surface area contributed by atoms with Gasteiger partial charge in [0.15, 0.2) is 0 Å². The summed E-state index contributed by atoms with van der Waals surface area (Å²) in [6, 6.07) is 0. The van der Waals surface area contributed by atoms with Gasteiger partial charge in [-0.15, -0.1) is 11.6 Å². The highest BCUT2D eigenvalue weighted by atomic mass is 35.5. The number of ketones is 1. The van der Waals surface area contributed by atoms with E-state index in [-0.39, 0.29) is 5.38 Å². The Balaban J connectivity index is 2.91. The molecule has 0 amide bonds. The predicted octanol–water partition coefficient (Wildman–Crippen LogP) is 2.79. The number of allylic oxidation sites excluding steroid dienone is 6. The van der Waals surface area contributed by atoms with E-state index in [1.165, 1.54) is 11.1 Å². The fourth-order valence-corrected chi connectivity index (χ4v) is 1.21. The molecule has 1 atom stereocenters. The molecule has 0 radical (unpaired) electrons. The lowest BCUT2D eigenvalue weighted by atomic mass is 10.0. The van der Waals surface area contributed by atoms with Crippen molar-refractivity contribution in [2.75, 3.05) is 7.11 Å². The summed E-state index contributed by atoms with van der Waals surface area (Å²) in [5.74, 6) is 0.874. The van der Waals surface area contributed by atoms with Crippen LogP contribution in [0.25, 0.3) is 0 Å². The molecule has 1 unspecified atom stereocenters. The minimum absolute atomic E-state index is 0.0772. The molecule has 0 bridgehead atoms. The molecule has 1 rings (SSSR count). The van der Waals surface area contributed by atoms with Gasteiger partial charge < -0.3 is 0 Å². The molecule has 0 aliphatic heterocycles. The van der Waals surface area contributed by atoms with E-state index >= 15 is 0 Å². The first kappa shape index (κ1) is 10.3. The number of hydrogen-bond donors (Lipinski definition) is 0. The fourth-order valence-electron chi connectivity index (χ4n) is 1.08. The first-order valence-corrected chi connectivity index (χ1v) is 4.70. The molecular formula is C11H14ClO+. The fraction of sp³-hybridized carbons (Fsp3) is 0.364. The van der Waals surface area contributed by atoms with E-state index in [0.29, 0.717) is 0 Å². The second-order valence-corrected chi connectivity index (χ2v) is 3.68. The Morgan fingerprint density at radius 3 is 2.23 bits per heavy atom. The van der Waals surface area contributed by atoms with E-state index in [1.807, 2.05) is 38.2 Å². The molecule has 1 aliphatic rings. The molecule has 0 saturated heterocycles. The number of alkyl halides is 1. The lowest BCUT2D eigenvalue weighted by Crippen LogP contribution is -2.01. The van der Waals surface area contributed by atoms with Crippen LogP contribution in [0.5, 0.6) is 0 Å². The molecule has 0 aromatic carbocycles. The van der Waals surface area contributed by atoms with E-state index in [4.69, 9.17) is 16.0 Å². The standard InChI is InChI=1S/C11H14ClO/c1-8(9(2)12)10-4-6-11(13-3)7-5-10/h4-7,9H,1-3H3/q+1. The molecule has 0 spiro atoms. The summed E-state index contributed by atoms with van der Waals surface area (Å²) < 4.78 is 5.07. The zero-order valence-electron chi connectivity index (χ0n) is 8.17. The highest BCUT2D eigenvalue weighted by Crippen LogP contribution is 2.17. The van der Waals surface area contributed by atoms with Crippen LogP contribution in [0, 0.1) is 0 Å². The molecule has 0 saturated carbocycles. The third-order valence-electron chi connectivity index (χ3n) is 2.14. The van der Waals surface area contributed by atoms with Gasteiger partial charge in [0.05, 0.1) is 5.38 Å². The molecule has 0 fully saturated rings. The van der Waals surface area contributed by atoms with Crippen molar-refractivity contribution in [3.8, 4) is 0 Å². The normalized spacial score (nSPS) is 17.5. The van der Waals surface area contributed by atoms with Gasteiger partial charge in [-0.1, -0.05) is 0 Å². The molecule has 0 N–H and O–H groups in total. The maximum atomic E-state index is 5.97. The Labute approximate surface area is 84.1 Å². The van der Waals surface area contributed by atoms with Crippen LogP contribution >= 0.6 is 11.6 Å². The maximum absolute atomic E-state index is 5.97. The summed E-state index contributed by atoms with van der Waals surface area (Å²) in [5, 5.41) is 0.0772. The van der Waals surface area contributed by atoms with E-state index in [9.17, 15) is 0 Å². The largest absolute Gasteiger partial charge is 0.343 e. The number of carbonyl (C=O) groups excluding carboxylic acids is 1. The lowest BCUT2D eigenvalue weighted by molar-refractivity contribution is -0.417. The van der Waals surface area contributed by atoms with Crippen LogP contribution in [-0.2, 0) is 4.42 Å². The molecule has 2 heteroatoms. The van der Waals surface area contributed by atoms with Crippen molar-refractivity contribution >= 4 is 17.4 Å². The van der Waals surface area contributed by atoms with E-state index in [2.05, 4.69) is 0 Å². The van der Waals surface area contributed by atoms with E-state index < -0.39 is 0 Å². The van der Waals surface area contributed by atoms with Crippen LogP contribution < -0.4 is 0 Å². The molecule has 0 aromatic rings. The zero-order chi connectivity index (χ0) is 9.84. The van der Waals surface area contributed by atoms with Crippen LogP contribution in [-0.4, -0.2) is 18.3 Å². The molecule has 1 nitrogen and oxygen atoms in total. The second-order valence-electron chi connectivity index (χ2n) is 3.03. The predicted molar refractivity (Wildman–Crippen MR) is 57.2 cm³/mol. The minimum atomic E-state index is 0.0772. The molecule has 13 heavy (non-hydrogen) atoms. The summed E-state index contributed by atoms with van der Waals surface area (Å²) >= 11 is 5.97. The van der Waals surface area contributed by atoms with Gasteiger partial charge in [-0.3, -0.25) is 4.42 Å². The first-order valence-electron chi connectivity index (χ1n) is 4.27. The molecule has 0 aromatic heterocycles. The highest BCUT2D eigenvalue weighted by molar-refractivity contribution is 6.22. The average Bonchev–Trinajstić information content (AvgIpc) is 2.17. The Bertz CT molecular complexity index is 288. The smallest absolute Gasteiger partial charge is 0.258 e. The van der Waals surface area contributed by atoms with Gasteiger partial charge in [-0.25, -0.2) is 0 Å². The number of rotatable bonds is 1. The Morgan fingerprint density at radius 1 is 1.31 bits per heavy atom. The molecule has 70 valence electrons. The maximum Gasteiger partial charge on any atom is 0.343 e. The summed E-state index contributed by atoms with van der Waals surface area (Å²) in [7, 11) is 1.66. The highest BCUT2D eigenvalue weighted by Gasteiger charge is 2.09. The van der Waals surface area contributed by atoms with Gasteiger partial charge in [0.2, 0.25) is 0 Å². The molecular weight excluding hydrogens is 184 g/mol. The van der Waals surface area contributed by atoms with Gasteiger partial charge in [-0.2, -0.15) is 0 Å². The van der Waals surface area contributed by atoms with Gasteiger partial charge in [0.1, 0.15) is 0 Å². The van der Waals surface area contributed by atoms with Gasteiger partial charge in [0, 0.05) is 12.2 Å². The first-order chi connectivity index (χ1) is 6.15. The SMILES string of the molecule is C[O+]=C1C=CC(=C(C)C(C)Cl)C=C1. The van der Waals surface area contributed by atoms with Crippen molar-refractivity contribution in [2.45, 2.75) is 19.2 Å². The van der Waals surface area contributed by atoms with Crippen LogP contribution in [0.2, 0.25) is 0 Å². The van der Waals surface area contributed by atoms with E-state index in [0.717, 1.165) is 5.78 Å². The third kappa shape index (κ3) is 2.56. The van der Waals surface area contributed by atoms with Crippen LogP contribution in [0.1, 0.15) is 13.8 Å². The second kappa shape index (κ2) is 4.43. The monoisotopic (exact) mass is 197 g/mol. The summed E-state index contributed by atoms with van der Waals surface area (Å²) in [5.41, 5.74) is 2.35. The van der Waals surface area contributed by atoms with Crippen LogP contribution in [0.3, 0.4) is 0 Å². The van der Waals surface area contributed by atoms with Crippen molar-refractivity contribution in [1.82, 2.24) is 0 Å². The van der Waals surface area contributed by atoms with Crippen molar-refractivity contribution in [2.24, 2.45) is 0 Å². The van der Waals surface area contributed by atoms with E-state index in [1.54, 1.807) is 7.11 Å². The van der Waals surface area contributed by atoms with Crippen LogP contribution in [0.4, 0.5) is 0 Å². The Morgan fingerprint density at radius 2 is 1.85 bits per heavy atom. The van der Waals surface area contributed by atoms with Crippen molar-refractivity contribution in [3.05, 3.63) is 35.5 Å². The molecule has 0 heterocycles. The quantitative estimate of drug-likeness (QED) is 0.453. The van der Waals surface area contributed by atoms with Crippen molar-refractivity contribution < 1.29 is 4.42 Å². The number of hydrogen-bond acceptors (Lipinski definition) is 0. The van der Waals surface area contributed by atoms with Crippen molar-refractivity contribution in [1.29, 1.82) is 0 Å². The summed E-state index contributed by atoms with van der Waals surface area (Å²) in [6.45, 7) is 4.01. The lowest BCUT2D eigenvalue weighted by Gasteiger charge is -2.07. The van der Waals surface area contributed by atoms with Crippen molar-refractivity contribution in [3.63, 3.8) is 0 Å². The Kier molecular flexibility index (Phi) is 3.49. The van der Waals surface area contributed by atoms with Gasteiger partial charge >= 0.3 is 5.78 Å². The average molecular weight is 198 g/mol. The zero-order valence-corrected chi connectivity index (χ0v) is 8.93. The van der Waals surface area contributed by atoms with Gasteiger partial charge in [0.25, 0.3) is 7.11 Å². The molecule has 1 aliphatic carbocycles. The van der Waals surface area contributed by atoms with Crippen LogP contribution in [0.15, 0.2) is 35.5 Å². The van der Waals surface area contributed by atoms with Gasteiger partial charge in [-0.05, 0) is 37.1 Å². The third-order valence-corrected chi connectivity index (χ3v) is 2.47. The summed E-state index contributed by atoms with van der Waals surface area (Å²) in [6.07, 6.45) is 7.93. The minimum Gasteiger partial charge on any atom is -0.258 e. The number of halogens is 1.